The smallest absolute Gasteiger partial charge is 0.285 e. The van der Waals surface area contributed by atoms with Crippen LogP contribution in [0, 0.1) is 6.92 Å². The zero-order chi connectivity index (χ0) is 21.0. The van der Waals surface area contributed by atoms with Gasteiger partial charge in [-0.2, -0.15) is 17.9 Å². The van der Waals surface area contributed by atoms with Crippen LogP contribution in [0.15, 0.2) is 39.9 Å². The van der Waals surface area contributed by atoms with Gasteiger partial charge in [0.25, 0.3) is 10.0 Å². The number of pyridine rings is 1. The van der Waals surface area contributed by atoms with Gasteiger partial charge in [0.1, 0.15) is 22.1 Å². The second kappa shape index (κ2) is 6.78. The maximum atomic E-state index is 13.1. The van der Waals surface area contributed by atoms with Gasteiger partial charge in [0.05, 0.1) is 36.8 Å². The molecule has 5 heterocycles. The van der Waals surface area contributed by atoms with E-state index in [0.29, 0.717) is 48.2 Å². The molecule has 0 unspecified atom stereocenters. The highest BCUT2D eigenvalue weighted by Gasteiger charge is 2.37. The van der Waals surface area contributed by atoms with E-state index < -0.39 is 10.0 Å². The Morgan fingerprint density at radius 3 is 2.83 bits per heavy atom. The Hall–Kier alpha value is -2.98. The fourth-order valence-corrected chi connectivity index (χ4v) is 5.47. The number of fused-ring (bicyclic) bond motifs is 1. The maximum Gasteiger partial charge on any atom is 0.285 e. The number of anilines is 1. The summed E-state index contributed by atoms with van der Waals surface area (Å²) >= 11 is 0. The van der Waals surface area contributed by atoms with Gasteiger partial charge in [-0.15, -0.1) is 0 Å². The molecule has 1 fully saturated rings. The second-order valence-corrected chi connectivity index (χ2v) is 9.16. The highest BCUT2D eigenvalue weighted by atomic mass is 32.2. The standard InChI is InChI=1S/C20H22N6O3S/c1-12-10-22-25(3)19(12)14-9-16(26-7-8-29-11-13(26)2)23-18-17(15-5-4-6-21-15)24-30(27,28)20(14)18/h4-6,9-10,13,21H,7-8,11H2,1-3H3/t13-/m1/s1. The van der Waals surface area contributed by atoms with Crippen LogP contribution in [0.5, 0.6) is 0 Å². The molecule has 3 aromatic heterocycles. The minimum Gasteiger partial charge on any atom is -0.377 e. The van der Waals surface area contributed by atoms with Gasteiger partial charge < -0.3 is 14.6 Å². The summed E-state index contributed by atoms with van der Waals surface area (Å²) in [5.74, 6) is 0.705. The summed E-state index contributed by atoms with van der Waals surface area (Å²) in [5, 5.41) is 4.32. The molecule has 0 radical (unpaired) electrons. The number of morpholine rings is 1. The van der Waals surface area contributed by atoms with Crippen molar-refractivity contribution in [2.24, 2.45) is 11.4 Å². The van der Waals surface area contributed by atoms with E-state index in [1.165, 1.54) is 0 Å². The van der Waals surface area contributed by atoms with Crippen LogP contribution in [0.4, 0.5) is 5.82 Å². The topological polar surface area (TPSA) is 105 Å². The molecular weight excluding hydrogens is 404 g/mol. The molecule has 0 aliphatic carbocycles. The first-order valence-corrected chi connectivity index (χ1v) is 11.2. The van der Waals surface area contributed by atoms with Crippen LogP contribution in [0.3, 0.4) is 0 Å². The third kappa shape index (κ3) is 2.86. The lowest BCUT2D eigenvalue weighted by Crippen LogP contribution is -2.44. The molecule has 2 aliphatic rings. The number of nitrogens with one attached hydrogen (secondary N) is 1. The van der Waals surface area contributed by atoms with Crippen LogP contribution in [0.2, 0.25) is 0 Å². The van der Waals surface area contributed by atoms with Crippen LogP contribution in [-0.2, 0) is 21.8 Å². The van der Waals surface area contributed by atoms with Crippen molar-refractivity contribution < 1.29 is 13.2 Å². The average Bonchev–Trinajstić information content (AvgIpc) is 3.41. The molecule has 156 valence electrons. The average molecular weight is 427 g/mol. The first-order chi connectivity index (χ1) is 14.4. The van der Waals surface area contributed by atoms with E-state index in [-0.39, 0.29) is 10.9 Å². The van der Waals surface area contributed by atoms with Gasteiger partial charge in [-0.3, -0.25) is 4.68 Å². The fraction of sp³-hybridized carbons (Fsp3) is 0.350. The summed E-state index contributed by atoms with van der Waals surface area (Å²) in [6, 6.07) is 5.57. The Morgan fingerprint density at radius 2 is 2.17 bits per heavy atom. The normalized spacial score (nSPS) is 20.3. The lowest BCUT2D eigenvalue weighted by Gasteiger charge is -2.34. The monoisotopic (exact) mass is 426 g/mol. The second-order valence-electron chi connectivity index (χ2n) is 7.62. The van der Waals surface area contributed by atoms with Crippen LogP contribution >= 0.6 is 0 Å². The number of sulfonamides is 1. The first kappa shape index (κ1) is 19.0. The Bertz CT molecular complexity index is 1240. The van der Waals surface area contributed by atoms with Gasteiger partial charge >= 0.3 is 0 Å². The van der Waals surface area contributed by atoms with E-state index in [1.54, 1.807) is 30.2 Å². The molecule has 1 N–H and O–H groups in total. The van der Waals surface area contributed by atoms with Crippen molar-refractivity contribution in [1.82, 2.24) is 19.7 Å². The zero-order valence-electron chi connectivity index (χ0n) is 17.0. The van der Waals surface area contributed by atoms with Crippen molar-refractivity contribution in [3.8, 4) is 11.3 Å². The minimum atomic E-state index is -3.91. The predicted molar refractivity (Wildman–Crippen MR) is 112 cm³/mol. The van der Waals surface area contributed by atoms with Crippen molar-refractivity contribution in [2.45, 2.75) is 24.8 Å². The van der Waals surface area contributed by atoms with Gasteiger partial charge in [0.2, 0.25) is 0 Å². The van der Waals surface area contributed by atoms with Gasteiger partial charge in [-0.1, -0.05) is 0 Å². The molecule has 30 heavy (non-hydrogen) atoms. The number of H-pyrrole nitrogens is 1. The lowest BCUT2D eigenvalue weighted by molar-refractivity contribution is 0.0985. The summed E-state index contributed by atoms with van der Waals surface area (Å²) in [5.41, 5.74) is 3.50. The van der Waals surface area contributed by atoms with Crippen molar-refractivity contribution in [1.29, 1.82) is 0 Å². The van der Waals surface area contributed by atoms with Gasteiger partial charge in [0, 0.05) is 25.4 Å². The quantitative estimate of drug-likeness (QED) is 0.686. The highest BCUT2D eigenvalue weighted by Crippen LogP contribution is 2.39. The molecule has 1 saturated heterocycles. The lowest BCUT2D eigenvalue weighted by atomic mass is 10.0. The van der Waals surface area contributed by atoms with Gasteiger partial charge in [0.15, 0.2) is 0 Å². The molecule has 9 nitrogen and oxygen atoms in total. The Kier molecular flexibility index (Phi) is 4.30. The number of aromatic nitrogens is 4. The van der Waals surface area contributed by atoms with Crippen LogP contribution < -0.4 is 4.90 Å². The number of nitrogens with zero attached hydrogens (tertiary/aromatic N) is 5. The molecule has 0 aromatic carbocycles. The summed E-state index contributed by atoms with van der Waals surface area (Å²) in [4.78, 5) is 10.1. The predicted octanol–water partition coefficient (Wildman–Crippen LogP) is 1.88. The summed E-state index contributed by atoms with van der Waals surface area (Å²) < 4.78 is 37.6. The van der Waals surface area contributed by atoms with Gasteiger partial charge in [-0.25, -0.2) is 4.98 Å². The number of aromatic amines is 1. The fourth-order valence-electron chi connectivity index (χ4n) is 4.13. The molecule has 10 heteroatoms. The third-order valence-corrected chi connectivity index (χ3v) is 6.90. The van der Waals surface area contributed by atoms with E-state index in [0.717, 1.165) is 11.3 Å². The Balaban J connectivity index is 1.81. The van der Waals surface area contributed by atoms with E-state index in [4.69, 9.17) is 9.72 Å². The number of hydrogen-bond donors (Lipinski definition) is 1. The number of rotatable bonds is 3. The summed E-state index contributed by atoms with van der Waals surface area (Å²) in [6.07, 6.45) is 3.47. The van der Waals surface area contributed by atoms with Crippen molar-refractivity contribution in [3.05, 3.63) is 47.5 Å². The van der Waals surface area contributed by atoms with E-state index >= 15 is 0 Å². The Labute approximate surface area is 174 Å². The highest BCUT2D eigenvalue weighted by molar-refractivity contribution is 7.91. The molecule has 0 amide bonds. The largest absolute Gasteiger partial charge is 0.377 e. The number of ether oxygens (including phenoxy) is 1. The van der Waals surface area contributed by atoms with Crippen LogP contribution in [-0.4, -0.2) is 59.7 Å². The van der Waals surface area contributed by atoms with E-state index in [9.17, 15) is 8.42 Å². The van der Waals surface area contributed by atoms with Crippen molar-refractivity contribution >= 4 is 21.6 Å². The number of aryl methyl sites for hydroxylation is 2. The van der Waals surface area contributed by atoms with Crippen molar-refractivity contribution in [2.75, 3.05) is 24.7 Å². The minimum absolute atomic E-state index is 0.119. The third-order valence-electron chi connectivity index (χ3n) is 5.55. The molecule has 1 atom stereocenters. The Morgan fingerprint density at radius 1 is 1.33 bits per heavy atom. The SMILES string of the molecule is Cc1cnn(C)c1-c1cc(N2CCOC[C@H]2C)nc2c1S(=O)(=O)N=C2c1ccc[nH]1. The van der Waals surface area contributed by atoms with Crippen LogP contribution in [0.1, 0.15) is 23.9 Å². The molecule has 3 aromatic rings. The van der Waals surface area contributed by atoms with Crippen LogP contribution in [0.25, 0.3) is 11.3 Å². The zero-order valence-corrected chi connectivity index (χ0v) is 17.8. The molecule has 0 spiro atoms. The summed E-state index contributed by atoms with van der Waals surface area (Å²) in [6.45, 7) is 5.85. The first-order valence-electron chi connectivity index (χ1n) is 9.74. The molecule has 0 bridgehead atoms. The molecule has 2 aliphatic heterocycles. The number of hydrogen-bond acceptors (Lipinski definition) is 6. The van der Waals surface area contributed by atoms with Gasteiger partial charge in [-0.05, 0) is 37.6 Å². The van der Waals surface area contributed by atoms with E-state index in [2.05, 4.69) is 26.3 Å². The molecular formula is C20H22N6O3S. The summed E-state index contributed by atoms with van der Waals surface area (Å²) in [7, 11) is -2.10. The molecule has 5 rings (SSSR count). The van der Waals surface area contributed by atoms with E-state index in [1.807, 2.05) is 19.1 Å². The van der Waals surface area contributed by atoms with Crippen molar-refractivity contribution in [3.63, 3.8) is 0 Å². The maximum absolute atomic E-state index is 13.1. The molecule has 0 saturated carbocycles.